The summed E-state index contributed by atoms with van der Waals surface area (Å²) in [5, 5.41) is 16.9. The van der Waals surface area contributed by atoms with Crippen molar-refractivity contribution in [1.29, 1.82) is 0 Å². The number of halogens is 1. The van der Waals surface area contributed by atoms with Crippen molar-refractivity contribution in [3.05, 3.63) is 53.8 Å². The molecule has 2 N–H and O–H groups in total. The van der Waals surface area contributed by atoms with Crippen molar-refractivity contribution in [2.24, 2.45) is 0 Å². The Balaban J connectivity index is 0.00000336. The zero-order valence-electron chi connectivity index (χ0n) is 21.3. The van der Waals surface area contributed by atoms with Crippen LogP contribution in [0.25, 0.3) is 0 Å². The zero-order chi connectivity index (χ0) is 25.5. The number of pyridine rings is 1. The number of aromatic nitrogens is 3. The highest BCUT2D eigenvalue weighted by atomic mass is 35.5. The number of ether oxygens (including phenoxy) is 2. The standard InChI is InChI=1S/C27H33N5O5.ClH/c33-27(34)16-20(19-7-8-22-23(14-19)36-18-35-22)15-26-30-24(31-37-26)6-2-3-10-28-25-17-21(9-11-29-25)32-12-4-1-5-13-32;/h7-9,11,14,17,20H,1-6,10,12-13,15-16,18H2,(H,28,29)(H,33,34);1H. The van der Waals surface area contributed by atoms with E-state index < -0.39 is 5.97 Å². The molecule has 1 atom stereocenters. The van der Waals surface area contributed by atoms with Crippen LogP contribution in [0.1, 0.15) is 61.7 Å². The molecule has 0 aliphatic carbocycles. The lowest BCUT2D eigenvalue weighted by Crippen LogP contribution is -2.29. The van der Waals surface area contributed by atoms with Gasteiger partial charge in [-0.05, 0) is 55.9 Å². The minimum Gasteiger partial charge on any atom is -0.481 e. The third kappa shape index (κ3) is 7.28. The van der Waals surface area contributed by atoms with Gasteiger partial charge in [0.05, 0.1) is 6.42 Å². The van der Waals surface area contributed by atoms with E-state index in [1.807, 2.05) is 18.3 Å². The first-order valence-corrected chi connectivity index (χ1v) is 13.0. The summed E-state index contributed by atoms with van der Waals surface area (Å²) >= 11 is 0. The molecule has 0 saturated carbocycles. The van der Waals surface area contributed by atoms with E-state index in [9.17, 15) is 9.90 Å². The first-order chi connectivity index (χ1) is 18.1. The molecule has 0 bridgehead atoms. The van der Waals surface area contributed by atoms with Crippen LogP contribution in [0.5, 0.6) is 11.5 Å². The van der Waals surface area contributed by atoms with Crippen molar-refractivity contribution in [2.45, 2.75) is 57.3 Å². The van der Waals surface area contributed by atoms with Gasteiger partial charge in [-0.25, -0.2) is 4.98 Å². The Morgan fingerprint density at radius 1 is 1.08 bits per heavy atom. The average Bonchev–Trinajstić information content (AvgIpc) is 3.57. The number of hydrogen-bond acceptors (Lipinski definition) is 9. The molecule has 11 heteroatoms. The quantitative estimate of drug-likeness (QED) is 0.307. The molecule has 0 radical (unpaired) electrons. The highest BCUT2D eigenvalue weighted by Gasteiger charge is 2.23. The first-order valence-electron chi connectivity index (χ1n) is 13.0. The lowest BCUT2D eigenvalue weighted by Gasteiger charge is -2.28. The van der Waals surface area contributed by atoms with Crippen LogP contribution in [0.2, 0.25) is 0 Å². The molecule has 5 rings (SSSR count). The molecule has 2 aliphatic rings. The maximum atomic E-state index is 11.5. The van der Waals surface area contributed by atoms with E-state index in [1.165, 1.54) is 24.9 Å². The molecule has 38 heavy (non-hydrogen) atoms. The Kier molecular flexibility index (Phi) is 9.64. The van der Waals surface area contributed by atoms with Crippen molar-refractivity contribution in [2.75, 3.05) is 36.6 Å². The highest BCUT2D eigenvalue weighted by Crippen LogP contribution is 2.36. The highest BCUT2D eigenvalue weighted by molar-refractivity contribution is 5.85. The van der Waals surface area contributed by atoms with E-state index in [0.717, 1.165) is 43.9 Å². The van der Waals surface area contributed by atoms with Crippen molar-refractivity contribution < 1.29 is 23.9 Å². The number of nitrogens with one attached hydrogen (secondary N) is 1. The number of carbonyl (C=O) groups is 1. The van der Waals surface area contributed by atoms with Gasteiger partial charge in [-0.1, -0.05) is 11.2 Å². The molecule has 1 saturated heterocycles. The Morgan fingerprint density at radius 2 is 1.92 bits per heavy atom. The number of piperidine rings is 1. The van der Waals surface area contributed by atoms with Gasteiger partial charge in [-0.3, -0.25) is 4.79 Å². The number of hydrogen-bond donors (Lipinski definition) is 2. The summed E-state index contributed by atoms with van der Waals surface area (Å²) in [7, 11) is 0. The molecule has 3 aromatic rings. The molecule has 0 amide bonds. The largest absolute Gasteiger partial charge is 0.481 e. The number of aliphatic carboxylic acids is 1. The second-order valence-corrected chi connectivity index (χ2v) is 9.55. The van der Waals surface area contributed by atoms with Crippen LogP contribution >= 0.6 is 12.4 Å². The van der Waals surface area contributed by atoms with Gasteiger partial charge >= 0.3 is 5.97 Å². The van der Waals surface area contributed by atoms with Gasteiger partial charge in [0.1, 0.15) is 5.82 Å². The van der Waals surface area contributed by atoms with Gasteiger partial charge in [-0.15, -0.1) is 12.4 Å². The number of benzene rings is 1. The summed E-state index contributed by atoms with van der Waals surface area (Å²) in [5.74, 6) is 2.08. The molecule has 1 unspecified atom stereocenters. The molecule has 0 spiro atoms. The van der Waals surface area contributed by atoms with Crippen LogP contribution in [0.3, 0.4) is 0 Å². The first kappa shape index (κ1) is 27.5. The number of carboxylic acid groups (broad SMARTS) is 1. The number of anilines is 2. The van der Waals surface area contributed by atoms with Gasteiger partial charge < -0.3 is 29.3 Å². The van der Waals surface area contributed by atoms with E-state index in [1.54, 1.807) is 6.07 Å². The van der Waals surface area contributed by atoms with E-state index in [-0.39, 0.29) is 31.5 Å². The summed E-state index contributed by atoms with van der Waals surface area (Å²) in [4.78, 5) is 22.9. The molecule has 1 aromatic carbocycles. The fraction of sp³-hybridized carbons (Fsp3) is 0.481. The number of carboxylic acids is 1. The second-order valence-electron chi connectivity index (χ2n) is 9.55. The van der Waals surface area contributed by atoms with E-state index in [2.05, 4.69) is 37.5 Å². The van der Waals surface area contributed by atoms with Gasteiger partial charge in [0.2, 0.25) is 12.7 Å². The number of nitrogens with zero attached hydrogens (tertiary/aromatic N) is 4. The topological polar surface area (TPSA) is 123 Å². The monoisotopic (exact) mass is 543 g/mol. The fourth-order valence-electron chi connectivity index (χ4n) is 4.86. The Morgan fingerprint density at radius 3 is 2.76 bits per heavy atom. The maximum absolute atomic E-state index is 11.5. The predicted molar refractivity (Wildman–Crippen MR) is 145 cm³/mol. The van der Waals surface area contributed by atoms with Crippen LogP contribution in [-0.2, 0) is 17.6 Å². The minimum atomic E-state index is -0.883. The van der Waals surface area contributed by atoms with Gasteiger partial charge in [0.15, 0.2) is 17.3 Å². The Labute approximate surface area is 228 Å². The van der Waals surface area contributed by atoms with E-state index >= 15 is 0 Å². The smallest absolute Gasteiger partial charge is 0.303 e. The molecular weight excluding hydrogens is 510 g/mol. The Bertz CT molecular complexity index is 1200. The van der Waals surface area contributed by atoms with E-state index in [4.69, 9.17) is 14.0 Å². The molecule has 2 aromatic heterocycles. The summed E-state index contributed by atoms with van der Waals surface area (Å²) in [6.07, 6.45) is 8.53. The maximum Gasteiger partial charge on any atom is 0.303 e. The van der Waals surface area contributed by atoms with Crippen LogP contribution in [0, 0.1) is 0 Å². The lowest BCUT2D eigenvalue weighted by molar-refractivity contribution is -0.137. The van der Waals surface area contributed by atoms with Gasteiger partial charge in [0, 0.05) is 56.3 Å². The molecule has 4 heterocycles. The molecule has 10 nitrogen and oxygen atoms in total. The van der Waals surface area contributed by atoms with Crippen LogP contribution in [-0.4, -0.2) is 52.6 Å². The van der Waals surface area contributed by atoms with Crippen LogP contribution in [0.4, 0.5) is 11.5 Å². The van der Waals surface area contributed by atoms with Crippen LogP contribution in [0.15, 0.2) is 41.1 Å². The van der Waals surface area contributed by atoms with Gasteiger partial charge in [0.25, 0.3) is 0 Å². The molecule has 204 valence electrons. The minimum absolute atomic E-state index is 0. The normalized spacial score (nSPS) is 15.1. The number of unbranched alkanes of at least 4 members (excludes halogenated alkanes) is 1. The third-order valence-electron chi connectivity index (χ3n) is 6.82. The van der Waals surface area contributed by atoms with Crippen molar-refractivity contribution in [3.63, 3.8) is 0 Å². The molecule has 1 fully saturated rings. The van der Waals surface area contributed by atoms with E-state index in [0.29, 0.717) is 36.1 Å². The number of fused-ring (bicyclic) bond motifs is 1. The Hall–Kier alpha value is -3.53. The second kappa shape index (κ2) is 13.3. The SMILES string of the molecule is Cl.O=C(O)CC(Cc1nc(CCCCNc2cc(N3CCCCC3)ccn2)no1)c1ccc2c(c1)OCO2. The summed E-state index contributed by atoms with van der Waals surface area (Å²) in [5.41, 5.74) is 2.08. The zero-order valence-corrected chi connectivity index (χ0v) is 22.1. The van der Waals surface area contributed by atoms with Crippen molar-refractivity contribution >= 4 is 29.9 Å². The van der Waals surface area contributed by atoms with Crippen LogP contribution < -0.4 is 19.7 Å². The number of rotatable bonds is 12. The molecular formula is C27H34ClN5O5. The van der Waals surface area contributed by atoms with Gasteiger partial charge in [-0.2, -0.15) is 4.98 Å². The summed E-state index contributed by atoms with van der Waals surface area (Å²) < 4.78 is 16.2. The lowest BCUT2D eigenvalue weighted by atomic mass is 9.92. The summed E-state index contributed by atoms with van der Waals surface area (Å²) in [6, 6.07) is 9.71. The number of aryl methyl sites for hydroxylation is 1. The van der Waals surface area contributed by atoms with Crippen molar-refractivity contribution in [3.8, 4) is 11.5 Å². The third-order valence-corrected chi connectivity index (χ3v) is 6.82. The fourth-order valence-corrected chi connectivity index (χ4v) is 4.86. The summed E-state index contributed by atoms with van der Waals surface area (Å²) in [6.45, 7) is 3.21. The van der Waals surface area contributed by atoms with Crippen molar-refractivity contribution in [1.82, 2.24) is 15.1 Å². The predicted octanol–water partition coefficient (Wildman–Crippen LogP) is 4.84. The molecule has 2 aliphatic heterocycles. The average molecular weight is 544 g/mol.